The molecule has 1 aromatic carbocycles. The molecule has 100 valence electrons. The van der Waals surface area contributed by atoms with Crippen molar-refractivity contribution in [1.29, 1.82) is 0 Å². The normalized spacial score (nSPS) is 13.6. The summed E-state index contributed by atoms with van der Waals surface area (Å²) >= 11 is 3.17. The maximum absolute atomic E-state index is 9.03. The Balaban J connectivity index is 3.03. The Morgan fingerprint density at radius 3 is 2.67 bits per heavy atom. The molecule has 0 spiro atoms. The van der Waals surface area contributed by atoms with Crippen LogP contribution in [-0.4, -0.2) is 34.8 Å². The molecule has 1 atom stereocenters. The van der Waals surface area contributed by atoms with Crippen molar-refractivity contribution in [2.75, 3.05) is 18.6 Å². The van der Waals surface area contributed by atoms with E-state index in [2.05, 4.69) is 5.16 Å². The van der Waals surface area contributed by atoms with Gasteiger partial charge < -0.3 is 16.0 Å². The van der Waals surface area contributed by atoms with Crippen LogP contribution in [0.4, 0.5) is 0 Å². The summed E-state index contributed by atoms with van der Waals surface area (Å²) in [5.74, 6) is 1.13. The fourth-order valence-corrected chi connectivity index (χ4v) is 3.19. The second kappa shape index (κ2) is 7.56. The van der Waals surface area contributed by atoms with Gasteiger partial charge in [-0.25, -0.2) is 0 Å². The number of amidine groups is 1. The number of aliphatic hydroxyl groups is 1. The van der Waals surface area contributed by atoms with Crippen molar-refractivity contribution in [2.45, 2.75) is 16.7 Å². The van der Waals surface area contributed by atoms with Crippen LogP contribution in [0.5, 0.6) is 0 Å². The molecule has 1 aromatic rings. The topological polar surface area (TPSA) is 78.8 Å². The van der Waals surface area contributed by atoms with Crippen LogP contribution in [0.3, 0.4) is 0 Å². The third kappa shape index (κ3) is 3.83. The Labute approximate surface area is 116 Å². The van der Waals surface area contributed by atoms with Crippen molar-refractivity contribution in [1.82, 2.24) is 0 Å². The van der Waals surface area contributed by atoms with Gasteiger partial charge in [-0.15, -0.1) is 23.5 Å². The molecular formula is C12H18N2O2S2. The maximum Gasteiger partial charge on any atom is 0.172 e. The van der Waals surface area contributed by atoms with E-state index in [0.717, 1.165) is 21.1 Å². The number of nitrogens with two attached hydrogens (primary N) is 1. The number of oxime groups is 1. The molecule has 18 heavy (non-hydrogen) atoms. The van der Waals surface area contributed by atoms with Gasteiger partial charge in [0, 0.05) is 27.7 Å². The first-order chi connectivity index (χ1) is 8.63. The number of aliphatic hydroxyl groups excluding tert-OH is 1. The van der Waals surface area contributed by atoms with Gasteiger partial charge in [0.2, 0.25) is 0 Å². The quantitative estimate of drug-likeness (QED) is 0.246. The molecule has 0 saturated carbocycles. The molecule has 1 unspecified atom stereocenters. The zero-order valence-corrected chi connectivity index (χ0v) is 12.1. The monoisotopic (exact) mass is 286 g/mol. The highest BCUT2D eigenvalue weighted by Crippen LogP contribution is 2.31. The SMILES string of the molecule is CSc1cccc(SCC(C)CO)c1/C(N)=N/O. The molecule has 0 saturated heterocycles. The highest BCUT2D eigenvalue weighted by atomic mass is 32.2. The van der Waals surface area contributed by atoms with Gasteiger partial charge in [0.1, 0.15) is 0 Å². The maximum atomic E-state index is 9.03. The second-order valence-corrected chi connectivity index (χ2v) is 5.83. The Morgan fingerprint density at radius 1 is 1.44 bits per heavy atom. The van der Waals surface area contributed by atoms with Gasteiger partial charge in [-0.1, -0.05) is 18.1 Å². The molecule has 0 amide bonds. The van der Waals surface area contributed by atoms with Crippen molar-refractivity contribution in [3.63, 3.8) is 0 Å². The Kier molecular flexibility index (Phi) is 6.38. The zero-order valence-electron chi connectivity index (χ0n) is 10.5. The molecular weight excluding hydrogens is 268 g/mol. The van der Waals surface area contributed by atoms with E-state index < -0.39 is 0 Å². The van der Waals surface area contributed by atoms with Crippen molar-refractivity contribution >= 4 is 29.4 Å². The fraction of sp³-hybridized carbons (Fsp3) is 0.417. The Morgan fingerprint density at radius 2 is 2.11 bits per heavy atom. The van der Waals surface area contributed by atoms with E-state index in [4.69, 9.17) is 16.0 Å². The smallest absolute Gasteiger partial charge is 0.172 e. The number of hydrogen-bond donors (Lipinski definition) is 3. The molecule has 0 aliphatic heterocycles. The number of nitrogens with zero attached hydrogens (tertiary/aromatic N) is 1. The van der Waals surface area contributed by atoms with E-state index in [0.29, 0.717) is 0 Å². The lowest BCUT2D eigenvalue weighted by Gasteiger charge is -2.13. The lowest BCUT2D eigenvalue weighted by atomic mass is 10.2. The van der Waals surface area contributed by atoms with Crippen molar-refractivity contribution in [2.24, 2.45) is 16.8 Å². The van der Waals surface area contributed by atoms with E-state index >= 15 is 0 Å². The Hall–Kier alpha value is -0.850. The molecule has 0 heterocycles. The molecule has 0 fully saturated rings. The predicted octanol–water partition coefficient (Wildman–Crippen LogP) is 2.22. The van der Waals surface area contributed by atoms with Gasteiger partial charge in [-0.05, 0) is 24.3 Å². The first kappa shape index (κ1) is 15.2. The minimum absolute atomic E-state index is 0.124. The minimum Gasteiger partial charge on any atom is -0.409 e. The van der Waals surface area contributed by atoms with E-state index in [1.165, 1.54) is 0 Å². The van der Waals surface area contributed by atoms with Crippen LogP contribution in [0.25, 0.3) is 0 Å². The van der Waals surface area contributed by atoms with Crippen LogP contribution in [-0.2, 0) is 0 Å². The number of hydrogen-bond acceptors (Lipinski definition) is 5. The first-order valence-electron chi connectivity index (χ1n) is 5.52. The summed E-state index contributed by atoms with van der Waals surface area (Å²) < 4.78 is 0. The molecule has 0 aliphatic rings. The minimum atomic E-state index is 0.124. The summed E-state index contributed by atoms with van der Waals surface area (Å²) in [6.45, 7) is 2.14. The first-order valence-corrected chi connectivity index (χ1v) is 7.73. The highest BCUT2D eigenvalue weighted by Gasteiger charge is 2.13. The van der Waals surface area contributed by atoms with Gasteiger partial charge in [0.05, 0.1) is 0 Å². The highest BCUT2D eigenvalue weighted by molar-refractivity contribution is 8.00. The van der Waals surface area contributed by atoms with Gasteiger partial charge in [-0.2, -0.15) is 0 Å². The van der Waals surface area contributed by atoms with Crippen LogP contribution in [0, 0.1) is 5.92 Å². The summed E-state index contributed by atoms with van der Waals surface area (Å²) in [5.41, 5.74) is 6.50. The molecule has 6 heteroatoms. The summed E-state index contributed by atoms with van der Waals surface area (Å²) in [7, 11) is 0. The third-order valence-corrected chi connectivity index (χ3v) is 4.57. The number of rotatable bonds is 6. The second-order valence-electron chi connectivity index (χ2n) is 3.92. The van der Waals surface area contributed by atoms with Crippen LogP contribution >= 0.6 is 23.5 Å². The van der Waals surface area contributed by atoms with Crippen molar-refractivity contribution < 1.29 is 10.3 Å². The van der Waals surface area contributed by atoms with Crippen LogP contribution < -0.4 is 5.73 Å². The third-order valence-electron chi connectivity index (χ3n) is 2.41. The molecule has 4 N–H and O–H groups in total. The van der Waals surface area contributed by atoms with E-state index in [9.17, 15) is 0 Å². The standard InChI is InChI=1S/C12H18N2O2S2/c1-8(6-15)7-18-10-5-3-4-9(17-2)11(10)12(13)14-16/h3-5,8,15-16H,6-7H2,1-2H3,(H2,13,14). The number of thioether (sulfide) groups is 2. The molecule has 0 radical (unpaired) electrons. The lowest BCUT2D eigenvalue weighted by molar-refractivity contribution is 0.250. The largest absolute Gasteiger partial charge is 0.409 e. The zero-order chi connectivity index (χ0) is 13.5. The molecule has 0 aromatic heterocycles. The van der Waals surface area contributed by atoms with Gasteiger partial charge in [-0.3, -0.25) is 0 Å². The lowest BCUT2D eigenvalue weighted by Crippen LogP contribution is -2.16. The Bertz CT molecular complexity index is 425. The molecule has 0 bridgehead atoms. The predicted molar refractivity (Wildman–Crippen MR) is 77.7 cm³/mol. The van der Waals surface area contributed by atoms with Gasteiger partial charge in [0.25, 0.3) is 0 Å². The van der Waals surface area contributed by atoms with Crippen LogP contribution in [0.2, 0.25) is 0 Å². The number of benzene rings is 1. The van der Waals surface area contributed by atoms with E-state index in [1.54, 1.807) is 23.5 Å². The van der Waals surface area contributed by atoms with Gasteiger partial charge in [0.15, 0.2) is 5.84 Å². The fourth-order valence-electron chi connectivity index (χ4n) is 1.39. The summed E-state index contributed by atoms with van der Waals surface area (Å²) in [6, 6.07) is 5.84. The molecule has 0 aliphatic carbocycles. The van der Waals surface area contributed by atoms with Crippen molar-refractivity contribution in [3.05, 3.63) is 23.8 Å². The van der Waals surface area contributed by atoms with E-state index in [-0.39, 0.29) is 18.4 Å². The van der Waals surface area contributed by atoms with E-state index in [1.807, 2.05) is 31.4 Å². The summed E-state index contributed by atoms with van der Waals surface area (Å²) in [4.78, 5) is 1.95. The van der Waals surface area contributed by atoms with Gasteiger partial charge >= 0.3 is 0 Å². The van der Waals surface area contributed by atoms with Crippen molar-refractivity contribution in [3.8, 4) is 0 Å². The molecule has 4 nitrogen and oxygen atoms in total. The summed E-state index contributed by atoms with van der Waals surface area (Å²) in [5, 5.41) is 21.0. The molecule has 1 rings (SSSR count). The summed E-state index contributed by atoms with van der Waals surface area (Å²) in [6.07, 6.45) is 1.95. The van der Waals surface area contributed by atoms with Crippen LogP contribution in [0.1, 0.15) is 12.5 Å². The van der Waals surface area contributed by atoms with Crippen LogP contribution in [0.15, 0.2) is 33.1 Å². The average Bonchev–Trinajstić information content (AvgIpc) is 2.43. The average molecular weight is 286 g/mol.